The third kappa shape index (κ3) is 2.75. The SMILES string of the molecule is O=CNC(=Cc1ccccc1)C(=O)O. The third-order valence-electron chi connectivity index (χ3n) is 1.56. The van der Waals surface area contributed by atoms with Crippen LogP contribution in [-0.2, 0) is 9.59 Å². The number of carbonyl (C=O) groups excluding carboxylic acids is 1. The zero-order valence-electron chi connectivity index (χ0n) is 7.31. The number of carboxylic acids is 1. The van der Waals surface area contributed by atoms with Gasteiger partial charge in [-0.25, -0.2) is 4.79 Å². The van der Waals surface area contributed by atoms with Crippen LogP contribution in [-0.4, -0.2) is 17.5 Å². The fourth-order valence-corrected chi connectivity index (χ4v) is 0.945. The Morgan fingerprint density at radius 3 is 2.43 bits per heavy atom. The van der Waals surface area contributed by atoms with E-state index in [9.17, 15) is 9.59 Å². The predicted octanol–water partition coefficient (Wildman–Crippen LogP) is 0.858. The molecule has 0 radical (unpaired) electrons. The molecule has 0 heterocycles. The number of rotatable bonds is 4. The van der Waals surface area contributed by atoms with Gasteiger partial charge in [0, 0.05) is 0 Å². The number of carboxylic acid groups (broad SMARTS) is 1. The average molecular weight is 191 g/mol. The molecule has 0 fully saturated rings. The molecule has 1 aromatic rings. The van der Waals surface area contributed by atoms with Crippen molar-refractivity contribution in [3.8, 4) is 0 Å². The van der Waals surface area contributed by atoms with Crippen molar-refractivity contribution in [1.29, 1.82) is 0 Å². The highest BCUT2D eigenvalue weighted by atomic mass is 16.4. The maximum absolute atomic E-state index is 10.6. The summed E-state index contributed by atoms with van der Waals surface area (Å²) in [5.41, 5.74) is 0.574. The molecule has 1 aromatic carbocycles. The Morgan fingerprint density at radius 2 is 1.93 bits per heavy atom. The minimum Gasteiger partial charge on any atom is -0.477 e. The second-order valence-corrected chi connectivity index (χ2v) is 2.54. The summed E-state index contributed by atoms with van der Waals surface area (Å²) in [4.78, 5) is 20.7. The van der Waals surface area contributed by atoms with Gasteiger partial charge in [-0.2, -0.15) is 0 Å². The minimum absolute atomic E-state index is 0.147. The van der Waals surface area contributed by atoms with E-state index in [4.69, 9.17) is 5.11 Å². The lowest BCUT2D eigenvalue weighted by atomic mass is 10.2. The van der Waals surface area contributed by atoms with Crippen LogP contribution in [0.2, 0.25) is 0 Å². The first-order chi connectivity index (χ1) is 6.74. The maximum atomic E-state index is 10.6. The van der Waals surface area contributed by atoms with Crippen LogP contribution in [0.1, 0.15) is 5.56 Å². The number of amides is 1. The Morgan fingerprint density at radius 1 is 1.29 bits per heavy atom. The van der Waals surface area contributed by atoms with Crippen LogP contribution in [0.3, 0.4) is 0 Å². The van der Waals surface area contributed by atoms with Crippen molar-refractivity contribution in [2.45, 2.75) is 0 Å². The topological polar surface area (TPSA) is 66.4 Å². The van der Waals surface area contributed by atoms with Crippen molar-refractivity contribution >= 4 is 18.5 Å². The lowest BCUT2D eigenvalue weighted by Gasteiger charge is -1.99. The first-order valence-electron chi connectivity index (χ1n) is 3.94. The summed E-state index contributed by atoms with van der Waals surface area (Å²) in [5.74, 6) is -1.17. The number of benzene rings is 1. The van der Waals surface area contributed by atoms with Crippen LogP contribution in [0.4, 0.5) is 0 Å². The van der Waals surface area contributed by atoms with Crippen LogP contribution in [0, 0.1) is 0 Å². The Balaban J connectivity index is 2.93. The first kappa shape index (κ1) is 9.98. The molecule has 4 heteroatoms. The van der Waals surface area contributed by atoms with Gasteiger partial charge in [-0.05, 0) is 11.6 Å². The highest BCUT2D eigenvalue weighted by Gasteiger charge is 2.04. The van der Waals surface area contributed by atoms with Crippen molar-refractivity contribution in [3.05, 3.63) is 41.6 Å². The number of carbonyl (C=O) groups is 2. The molecule has 1 amide bonds. The Bertz CT molecular complexity index is 357. The van der Waals surface area contributed by atoms with Gasteiger partial charge in [-0.15, -0.1) is 0 Å². The summed E-state index contributed by atoms with van der Waals surface area (Å²) in [6.45, 7) is 0. The molecule has 2 N–H and O–H groups in total. The average Bonchev–Trinajstić information content (AvgIpc) is 2.18. The third-order valence-corrected chi connectivity index (χ3v) is 1.56. The van der Waals surface area contributed by atoms with Crippen LogP contribution < -0.4 is 5.32 Å². The summed E-state index contributed by atoms with van der Waals surface area (Å²) in [6, 6.07) is 8.88. The molecule has 0 aliphatic heterocycles. The van der Waals surface area contributed by atoms with Crippen molar-refractivity contribution in [3.63, 3.8) is 0 Å². The van der Waals surface area contributed by atoms with Gasteiger partial charge >= 0.3 is 5.97 Å². The summed E-state index contributed by atoms with van der Waals surface area (Å²) >= 11 is 0. The fraction of sp³-hybridized carbons (Fsp3) is 0. The summed E-state index contributed by atoms with van der Waals surface area (Å²) in [5, 5.41) is 10.8. The molecule has 14 heavy (non-hydrogen) atoms. The van der Waals surface area contributed by atoms with Crippen LogP contribution in [0.25, 0.3) is 6.08 Å². The molecule has 0 unspecified atom stereocenters. The first-order valence-corrected chi connectivity index (χ1v) is 3.94. The van der Waals surface area contributed by atoms with Crippen molar-refractivity contribution in [1.82, 2.24) is 5.32 Å². The van der Waals surface area contributed by atoms with Crippen molar-refractivity contribution in [2.24, 2.45) is 0 Å². The molecule has 0 aliphatic rings. The quantitative estimate of drug-likeness (QED) is 0.548. The summed E-state index contributed by atoms with van der Waals surface area (Å²) < 4.78 is 0. The van der Waals surface area contributed by atoms with Crippen molar-refractivity contribution in [2.75, 3.05) is 0 Å². The second-order valence-electron chi connectivity index (χ2n) is 2.54. The lowest BCUT2D eigenvalue weighted by Crippen LogP contribution is -2.17. The molecule has 4 nitrogen and oxygen atoms in total. The van der Waals surface area contributed by atoms with E-state index in [1.165, 1.54) is 6.08 Å². The normalized spacial score (nSPS) is 10.7. The van der Waals surface area contributed by atoms with E-state index in [0.717, 1.165) is 5.56 Å². The molecular weight excluding hydrogens is 182 g/mol. The molecule has 0 atom stereocenters. The smallest absolute Gasteiger partial charge is 0.352 e. The van der Waals surface area contributed by atoms with Crippen molar-refractivity contribution < 1.29 is 14.7 Å². The van der Waals surface area contributed by atoms with Gasteiger partial charge in [-0.1, -0.05) is 30.3 Å². The predicted molar refractivity (Wildman–Crippen MR) is 51.3 cm³/mol. The molecule has 0 spiro atoms. The molecule has 0 saturated carbocycles. The molecule has 1 rings (SSSR count). The van der Waals surface area contributed by atoms with Gasteiger partial charge in [0.15, 0.2) is 0 Å². The molecule has 0 bridgehead atoms. The maximum Gasteiger partial charge on any atom is 0.352 e. The number of nitrogens with one attached hydrogen (secondary N) is 1. The van der Waals surface area contributed by atoms with Gasteiger partial charge in [0.05, 0.1) is 0 Å². The molecule has 0 aliphatic carbocycles. The van der Waals surface area contributed by atoms with E-state index in [0.29, 0.717) is 6.41 Å². The summed E-state index contributed by atoms with van der Waals surface area (Å²) in [7, 11) is 0. The summed E-state index contributed by atoms with van der Waals surface area (Å²) in [6.07, 6.45) is 1.72. The van der Waals surface area contributed by atoms with E-state index in [-0.39, 0.29) is 5.70 Å². The van der Waals surface area contributed by atoms with E-state index < -0.39 is 5.97 Å². The molecule has 72 valence electrons. The van der Waals surface area contributed by atoms with Gasteiger partial charge in [0.2, 0.25) is 6.41 Å². The standard InChI is InChI=1S/C10H9NO3/c12-7-11-9(10(13)14)6-8-4-2-1-3-5-8/h1-7H,(H,11,12)(H,13,14). The van der Waals surface area contributed by atoms with Gasteiger partial charge in [0.25, 0.3) is 0 Å². The van der Waals surface area contributed by atoms with Gasteiger partial charge in [-0.3, -0.25) is 4.79 Å². The largest absolute Gasteiger partial charge is 0.477 e. The number of hydrogen-bond donors (Lipinski definition) is 2. The van der Waals surface area contributed by atoms with Crippen LogP contribution in [0.5, 0.6) is 0 Å². The fourth-order valence-electron chi connectivity index (χ4n) is 0.945. The Hall–Kier alpha value is -2.10. The van der Waals surface area contributed by atoms with Crippen LogP contribution in [0.15, 0.2) is 36.0 Å². The Kier molecular flexibility index (Phi) is 3.43. The lowest BCUT2D eigenvalue weighted by molar-refractivity contribution is -0.133. The van der Waals surface area contributed by atoms with Crippen LogP contribution >= 0.6 is 0 Å². The monoisotopic (exact) mass is 191 g/mol. The van der Waals surface area contributed by atoms with E-state index >= 15 is 0 Å². The van der Waals surface area contributed by atoms with E-state index in [2.05, 4.69) is 5.32 Å². The van der Waals surface area contributed by atoms with E-state index in [1.807, 2.05) is 6.07 Å². The molecule has 0 aromatic heterocycles. The number of hydrogen-bond acceptors (Lipinski definition) is 2. The number of aliphatic carboxylic acids is 1. The van der Waals surface area contributed by atoms with Gasteiger partial charge in [0.1, 0.15) is 5.70 Å². The Labute approximate surface area is 80.9 Å². The minimum atomic E-state index is -1.17. The zero-order valence-corrected chi connectivity index (χ0v) is 7.31. The van der Waals surface area contributed by atoms with E-state index in [1.54, 1.807) is 24.3 Å². The highest BCUT2D eigenvalue weighted by molar-refractivity contribution is 5.93. The van der Waals surface area contributed by atoms with Gasteiger partial charge < -0.3 is 10.4 Å². The molecule has 0 saturated heterocycles. The second kappa shape index (κ2) is 4.81. The molecular formula is C10H9NO3. The zero-order chi connectivity index (χ0) is 10.4. The highest BCUT2D eigenvalue weighted by Crippen LogP contribution is 2.04.